The molecule has 1 aromatic rings. The zero-order valence-corrected chi connectivity index (χ0v) is 10.2. The molecular formula is C13H19N3O. The molecule has 0 aliphatic carbocycles. The smallest absolute Gasteiger partial charge is 0.136 e. The number of azide groups is 1. The van der Waals surface area contributed by atoms with Gasteiger partial charge in [-0.1, -0.05) is 48.8 Å². The van der Waals surface area contributed by atoms with Gasteiger partial charge < -0.3 is 4.74 Å². The fourth-order valence-corrected chi connectivity index (χ4v) is 1.53. The third-order valence-corrected chi connectivity index (χ3v) is 2.51. The molecule has 1 unspecified atom stereocenters. The summed E-state index contributed by atoms with van der Waals surface area (Å²) < 4.78 is 5.52. The Morgan fingerprint density at radius 1 is 1.35 bits per heavy atom. The van der Waals surface area contributed by atoms with Gasteiger partial charge in [0.1, 0.15) is 6.23 Å². The molecule has 4 nitrogen and oxygen atoms in total. The maximum atomic E-state index is 8.47. The highest BCUT2D eigenvalue weighted by Crippen LogP contribution is 2.09. The van der Waals surface area contributed by atoms with E-state index in [0.717, 1.165) is 25.7 Å². The standard InChI is InChI=1S/C13H19N3O/c1-2-3-11-17-13(15-16-14)10-9-12-7-5-4-6-8-12/h4-8,13H,2-3,9-11H2,1H3. The fraction of sp³-hybridized carbons (Fsp3) is 0.538. The normalized spacial score (nSPS) is 11.8. The van der Waals surface area contributed by atoms with Gasteiger partial charge in [-0.15, -0.1) is 0 Å². The van der Waals surface area contributed by atoms with Gasteiger partial charge in [0.15, 0.2) is 0 Å². The summed E-state index contributed by atoms with van der Waals surface area (Å²) in [7, 11) is 0. The summed E-state index contributed by atoms with van der Waals surface area (Å²) >= 11 is 0. The molecule has 0 fully saturated rings. The van der Waals surface area contributed by atoms with E-state index in [4.69, 9.17) is 10.3 Å². The number of hydrogen-bond donors (Lipinski definition) is 0. The molecule has 1 rings (SSSR count). The minimum atomic E-state index is -0.341. The van der Waals surface area contributed by atoms with E-state index < -0.39 is 0 Å². The summed E-state index contributed by atoms with van der Waals surface area (Å²) in [4.78, 5) is 2.83. The SMILES string of the molecule is CCCCOC(CCc1ccccc1)N=[N+]=[N-]. The Labute approximate surface area is 102 Å². The van der Waals surface area contributed by atoms with Gasteiger partial charge in [-0.3, -0.25) is 0 Å². The van der Waals surface area contributed by atoms with Crippen LogP contribution in [0, 0.1) is 0 Å². The van der Waals surface area contributed by atoms with Crippen molar-refractivity contribution >= 4 is 0 Å². The van der Waals surface area contributed by atoms with Crippen LogP contribution < -0.4 is 0 Å². The van der Waals surface area contributed by atoms with Crippen molar-refractivity contribution in [3.63, 3.8) is 0 Å². The number of hydrogen-bond acceptors (Lipinski definition) is 2. The van der Waals surface area contributed by atoms with Crippen LogP contribution in [-0.4, -0.2) is 12.8 Å². The number of rotatable bonds is 8. The van der Waals surface area contributed by atoms with Gasteiger partial charge in [0.2, 0.25) is 0 Å². The van der Waals surface area contributed by atoms with Crippen LogP contribution in [0.1, 0.15) is 31.7 Å². The lowest BCUT2D eigenvalue weighted by Gasteiger charge is -2.12. The molecule has 0 bridgehead atoms. The Hall–Kier alpha value is -1.51. The molecule has 0 radical (unpaired) electrons. The van der Waals surface area contributed by atoms with Gasteiger partial charge in [0.05, 0.1) is 0 Å². The monoisotopic (exact) mass is 233 g/mol. The Bertz CT molecular complexity index is 347. The Kier molecular flexibility index (Phi) is 6.87. The highest BCUT2D eigenvalue weighted by molar-refractivity contribution is 5.14. The number of unbranched alkanes of at least 4 members (excludes halogenated alkanes) is 1. The molecule has 0 amide bonds. The van der Waals surface area contributed by atoms with Crippen molar-refractivity contribution in [1.82, 2.24) is 0 Å². The number of ether oxygens (including phenoxy) is 1. The van der Waals surface area contributed by atoms with Crippen LogP contribution in [0.15, 0.2) is 35.4 Å². The van der Waals surface area contributed by atoms with E-state index in [9.17, 15) is 0 Å². The van der Waals surface area contributed by atoms with Crippen molar-refractivity contribution in [2.24, 2.45) is 5.11 Å². The number of nitrogens with zero attached hydrogens (tertiary/aromatic N) is 3. The summed E-state index contributed by atoms with van der Waals surface area (Å²) in [5, 5.41) is 3.67. The predicted octanol–water partition coefficient (Wildman–Crippen LogP) is 4.07. The first-order valence-electron chi connectivity index (χ1n) is 6.06. The summed E-state index contributed by atoms with van der Waals surface area (Å²) in [6.45, 7) is 2.77. The second-order valence-corrected chi connectivity index (χ2v) is 3.91. The van der Waals surface area contributed by atoms with Gasteiger partial charge in [-0.2, -0.15) is 0 Å². The third kappa shape index (κ3) is 5.95. The maximum Gasteiger partial charge on any atom is 0.136 e. The predicted molar refractivity (Wildman–Crippen MR) is 68.6 cm³/mol. The van der Waals surface area contributed by atoms with Crippen LogP contribution in [0.5, 0.6) is 0 Å². The second kappa shape index (κ2) is 8.62. The Balaban J connectivity index is 2.36. The van der Waals surface area contributed by atoms with Gasteiger partial charge in [0.25, 0.3) is 0 Å². The van der Waals surface area contributed by atoms with Crippen molar-refractivity contribution in [1.29, 1.82) is 0 Å². The van der Waals surface area contributed by atoms with E-state index in [-0.39, 0.29) is 6.23 Å². The van der Waals surface area contributed by atoms with Crippen LogP contribution in [0.25, 0.3) is 10.4 Å². The molecule has 0 heterocycles. The largest absolute Gasteiger partial charge is 0.372 e. The topological polar surface area (TPSA) is 58.0 Å². The van der Waals surface area contributed by atoms with E-state index in [0.29, 0.717) is 6.61 Å². The average molecular weight is 233 g/mol. The van der Waals surface area contributed by atoms with Crippen LogP contribution in [0.3, 0.4) is 0 Å². The van der Waals surface area contributed by atoms with Crippen LogP contribution in [0.4, 0.5) is 0 Å². The lowest BCUT2D eigenvalue weighted by molar-refractivity contribution is 0.0506. The molecule has 92 valence electrons. The highest BCUT2D eigenvalue weighted by Gasteiger charge is 2.06. The summed E-state index contributed by atoms with van der Waals surface area (Å²) in [6.07, 6.45) is 3.35. The van der Waals surface area contributed by atoms with E-state index in [1.54, 1.807) is 0 Å². The molecule has 0 aromatic heterocycles. The van der Waals surface area contributed by atoms with Crippen LogP contribution in [-0.2, 0) is 11.2 Å². The van der Waals surface area contributed by atoms with E-state index in [2.05, 4.69) is 29.1 Å². The maximum absolute atomic E-state index is 8.47. The Morgan fingerprint density at radius 2 is 2.12 bits per heavy atom. The lowest BCUT2D eigenvalue weighted by atomic mass is 10.1. The Morgan fingerprint density at radius 3 is 2.76 bits per heavy atom. The van der Waals surface area contributed by atoms with E-state index in [1.165, 1.54) is 5.56 Å². The third-order valence-electron chi connectivity index (χ3n) is 2.51. The highest BCUT2D eigenvalue weighted by atomic mass is 16.5. The van der Waals surface area contributed by atoms with Crippen LogP contribution >= 0.6 is 0 Å². The molecule has 0 saturated heterocycles. The van der Waals surface area contributed by atoms with Gasteiger partial charge in [-0.25, -0.2) is 0 Å². The minimum absolute atomic E-state index is 0.341. The van der Waals surface area contributed by atoms with Gasteiger partial charge in [0, 0.05) is 11.5 Å². The summed E-state index contributed by atoms with van der Waals surface area (Å²) in [6, 6.07) is 10.1. The molecule has 0 spiro atoms. The minimum Gasteiger partial charge on any atom is -0.372 e. The average Bonchev–Trinajstić information content (AvgIpc) is 2.37. The summed E-state index contributed by atoms with van der Waals surface area (Å²) in [5.41, 5.74) is 9.71. The zero-order valence-electron chi connectivity index (χ0n) is 10.2. The number of benzene rings is 1. The van der Waals surface area contributed by atoms with Crippen molar-refractivity contribution < 1.29 is 4.74 Å². The molecule has 17 heavy (non-hydrogen) atoms. The quantitative estimate of drug-likeness (QED) is 0.289. The lowest BCUT2D eigenvalue weighted by Crippen LogP contribution is -2.11. The molecule has 0 aliphatic rings. The first-order valence-corrected chi connectivity index (χ1v) is 6.06. The van der Waals surface area contributed by atoms with E-state index in [1.807, 2.05) is 18.2 Å². The molecule has 0 aliphatic heterocycles. The van der Waals surface area contributed by atoms with Gasteiger partial charge in [-0.05, 0) is 30.4 Å². The van der Waals surface area contributed by atoms with E-state index >= 15 is 0 Å². The second-order valence-electron chi connectivity index (χ2n) is 3.91. The van der Waals surface area contributed by atoms with Crippen LogP contribution in [0.2, 0.25) is 0 Å². The van der Waals surface area contributed by atoms with Gasteiger partial charge >= 0.3 is 0 Å². The van der Waals surface area contributed by atoms with Crippen molar-refractivity contribution in [2.75, 3.05) is 6.61 Å². The zero-order chi connectivity index (χ0) is 12.3. The molecule has 0 N–H and O–H groups in total. The number of aryl methyl sites for hydroxylation is 1. The molecule has 0 saturated carbocycles. The van der Waals surface area contributed by atoms with Crippen molar-refractivity contribution in [3.8, 4) is 0 Å². The molecule has 1 aromatic carbocycles. The first-order chi connectivity index (χ1) is 8.36. The van der Waals surface area contributed by atoms with Crippen molar-refractivity contribution in [3.05, 3.63) is 46.3 Å². The fourth-order valence-electron chi connectivity index (χ4n) is 1.53. The summed E-state index contributed by atoms with van der Waals surface area (Å²) in [5.74, 6) is 0. The molecular weight excluding hydrogens is 214 g/mol. The van der Waals surface area contributed by atoms with Crippen molar-refractivity contribution in [2.45, 2.75) is 38.8 Å². The molecule has 4 heteroatoms. The molecule has 1 atom stereocenters. The first kappa shape index (κ1) is 13.6.